The quantitative estimate of drug-likeness (QED) is 0.113. The van der Waals surface area contributed by atoms with Gasteiger partial charge in [-0.05, 0) is 48.5 Å². The highest BCUT2D eigenvalue weighted by molar-refractivity contribution is 9.10. The van der Waals surface area contributed by atoms with Crippen LogP contribution in [0.5, 0.6) is 28.7 Å². The Kier molecular flexibility index (Phi) is 14.8. The van der Waals surface area contributed by atoms with E-state index in [2.05, 4.69) is 25.7 Å². The average Bonchev–Trinajstić information content (AvgIpc) is 4.03. The third-order valence-electron chi connectivity index (χ3n) is 10.5. The van der Waals surface area contributed by atoms with Crippen LogP contribution in [0, 0.1) is 0 Å². The van der Waals surface area contributed by atoms with E-state index in [1.54, 1.807) is 54.0 Å². The molecule has 63 heavy (non-hydrogen) atoms. The fourth-order valence-corrected chi connectivity index (χ4v) is 12.4. The zero-order valence-electron chi connectivity index (χ0n) is 35.3. The molecule has 20 heteroatoms. The van der Waals surface area contributed by atoms with Gasteiger partial charge in [-0.2, -0.15) is 8.61 Å². The van der Waals surface area contributed by atoms with Crippen LogP contribution >= 0.6 is 38.6 Å². The molecular formula is C43H47BrN6O9S4. The Labute approximate surface area is 384 Å². The van der Waals surface area contributed by atoms with E-state index in [-0.39, 0.29) is 9.79 Å². The molecular weight excluding hydrogens is 953 g/mol. The smallest absolute Gasteiger partial charge is 0.247 e. The number of sulfonamides is 2. The van der Waals surface area contributed by atoms with Gasteiger partial charge in [0.2, 0.25) is 20.0 Å². The van der Waals surface area contributed by atoms with Crippen molar-refractivity contribution < 1.29 is 40.5 Å². The van der Waals surface area contributed by atoms with Crippen molar-refractivity contribution in [1.29, 1.82) is 0 Å². The maximum atomic E-state index is 13.3. The molecule has 8 rings (SSSR count). The lowest BCUT2D eigenvalue weighted by atomic mass is 10.2. The monoisotopic (exact) mass is 998 g/mol. The third kappa shape index (κ3) is 10.4. The molecule has 0 bridgehead atoms. The molecule has 0 N–H and O–H groups in total. The van der Waals surface area contributed by atoms with E-state index in [9.17, 15) is 16.8 Å². The summed E-state index contributed by atoms with van der Waals surface area (Å²) in [6.45, 7) is 3.69. The summed E-state index contributed by atoms with van der Waals surface area (Å²) in [7, 11) is 0.149. The number of methoxy groups -OCH3 is 5. The largest absolute Gasteiger partial charge is 0.497 e. The molecule has 0 saturated carbocycles. The van der Waals surface area contributed by atoms with Crippen molar-refractivity contribution in [3.05, 3.63) is 100 Å². The van der Waals surface area contributed by atoms with Gasteiger partial charge in [-0.15, -0.1) is 22.7 Å². The van der Waals surface area contributed by atoms with Gasteiger partial charge >= 0.3 is 0 Å². The van der Waals surface area contributed by atoms with Crippen molar-refractivity contribution in [1.82, 2.24) is 18.6 Å². The molecule has 0 unspecified atom stereocenters. The summed E-state index contributed by atoms with van der Waals surface area (Å²) in [4.78, 5) is 14.0. The van der Waals surface area contributed by atoms with E-state index in [1.165, 1.54) is 49.2 Å². The lowest BCUT2D eigenvalue weighted by Crippen LogP contribution is -2.48. The molecule has 4 aromatic carbocycles. The molecule has 0 atom stereocenters. The van der Waals surface area contributed by atoms with Crippen molar-refractivity contribution in [2.45, 2.75) is 9.79 Å². The Morgan fingerprint density at radius 1 is 0.508 bits per heavy atom. The molecule has 6 aromatic rings. The molecule has 0 amide bonds. The van der Waals surface area contributed by atoms with Crippen LogP contribution in [0.2, 0.25) is 0 Å². The fraction of sp³-hybridized carbons (Fsp3) is 0.302. The van der Waals surface area contributed by atoms with Crippen LogP contribution < -0.4 is 33.5 Å². The number of aromatic nitrogens is 2. The van der Waals surface area contributed by atoms with E-state index in [1.807, 2.05) is 59.3 Å². The number of halogens is 1. The standard InChI is InChI=1S/C22H25N3O5S2.C21H22BrN3O4S2/c1-28-17-6-4-5-16(13-17)19-15-31-22(23-19)24-9-11-25(12-10-24)32(26,27)21-14-18(29-2)7-8-20(21)30-3;1-28-17-6-7-19(29-2)20(13-17)31(26,27)25-10-8-24(9-11-25)21-23-18(14-30-21)15-4-3-5-16(22)12-15/h4-8,13-15H,9-12H2,1-3H3;3-7,12-14H,8-11H2,1-2H3. The molecule has 2 aliphatic rings. The van der Waals surface area contributed by atoms with E-state index < -0.39 is 20.0 Å². The van der Waals surface area contributed by atoms with Crippen LogP contribution in [0.3, 0.4) is 0 Å². The number of thiazole rings is 2. The van der Waals surface area contributed by atoms with E-state index in [0.29, 0.717) is 75.4 Å². The first kappa shape index (κ1) is 46.0. The summed E-state index contributed by atoms with van der Waals surface area (Å²) < 4.78 is 83.3. The topological polar surface area (TPSA) is 153 Å². The fourth-order valence-electron chi connectivity index (χ4n) is 7.00. The molecule has 2 aromatic heterocycles. The molecule has 0 spiro atoms. The highest BCUT2D eigenvalue weighted by atomic mass is 79.9. The van der Waals surface area contributed by atoms with Crippen LogP contribution in [0.4, 0.5) is 10.3 Å². The molecule has 0 radical (unpaired) electrons. The predicted octanol–water partition coefficient (Wildman–Crippen LogP) is 7.45. The Balaban J connectivity index is 0.000000189. The van der Waals surface area contributed by atoms with Crippen LogP contribution in [0.25, 0.3) is 22.5 Å². The Bertz CT molecular complexity index is 2740. The summed E-state index contributed by atoms with van der Waals surface area (Å²) in [5.41, 5.74) is 3.82. The number of benzene rings is 4. The highest BCUT2D eigenvalue weighted by Crippen LogP contribution is 2.35. The second-order valence-corrected chi connectivity index (χ2v) is 20.5. The van der Waals surface area contributed by atoms with Crippen molar-refractivity contribution in [3.8, 4) is 51.3 Å². The summed E-state index contributed by atoms with van der Waals surface area (Å²) in [5, 5.41) is 5.81. The van der Waals surface area contributed by atoms with Gasteiger partial charge in [-0.1, -0.05) is 40.2 Å². The third-order valence-corrected chi connectivity index (χ3v) is 16.6. The first-order chi connectivity index (χ1) is 30.4. The van der Waals surface area contributed by atoms with Gasteiger partial charge in [-0.25, -0.2) is 26.8 Å². The van der Waals surface area contributed by atoms with Crippen molar-refractivity contribution in [3.63, 3.8) is 0 Å². The molecule has 4 heterocycles. The Hall–Kier alpha value is -4.96. The number of hydrogen-bond acceptors (Lipinski definition) is 15. The number of anilines is 2. The molecule has 2 saturated heterocycles. The number of rotatable bonds is 13. The summed E-state index contributed by atoms with van der Waals surface area (Å²) in [5.74, 6) is 2.33. The minimum Gasteiger partial charge on any atom is -0.497 e. The van der Waals surface area contributed by atoms with E-state index >= 15 is 0 Å². The first-order valence-corrected chi connectivity index (χ1v) is 25.1. The van der Waals surface area contributed by atoms with E-state index in [0.717, 1.165) is 43.0 Å². The Morgan fingerprint density at radius 3 is 1.33 bits per heavy atom. The summed E-state index contributed by atoms with van der Waals surface area (Å²) >= 11 is 6.61. The van der Waals surface area contributed by atoms with Gasteiger partial charge in [0, 0.05) is 90.9 Å². The van der Waals surface area contributed by atoms with Gasteiger partial charge in [0.05, 0.1) is 46.9 Å². The zero-order chi connectivity index (χ0) is 44.7. The first-order valence-electron chi connectivity index (χ1n) is 19.6. The maximum Gasteiger partial charge on any atom is 0.247 e. The van der Waals surface area contributed by atoms with Crippen LogP contribution in [-0.2, 0) is 20.0 Å². The lowest BCUT2D eigenvalue weighted by Gasteiger charge is -2.34. The molecule has 334 valence electrons. The number of ether oxygens (including phenoxy) is 5. The van der Waals surface area contributed by atoms with Gasteiger partial charge in [0.25, 0.3) is 0 Å². The Morgan fingerprint density at radius 2 is 0.921 bits per heavy atom. The average molecular weight is 1000 g/mol. The highest BCUT2D eigenvalue weighted by Gasteiger charge is 2.33. The number of nitrogens with zero attached hydrogens (tertiary/aromatic N) is 6. The van der Waals surface area contributed by atoms with Crippen LogP contribution in [-0.4, -0.2) is 123 Å². The molecule has 2 fully saturated rings. The molecule has 2 aliphatic heterocycles. The van der Waals surface area contributed by atoms with Crippen molar-refractivity contribution in [2.24, 2.45) is 0 Å². The summed E-state index contributed by atoms with van der Waals surface area (Å²) in [6, 6.07) is 25.4. The number of hydrogen-bond donors (Lipinski definition) is 0. The molecule has 0 aliphatic carbocycles. The van der Waals surface area contributed by atoms with Gasteiger partial charge in [0.15, 0.2) is 10.3 Å². The zero-order valence-corrected chi connectivity index (χ0v) is 40.1. The normalized spacial score (nSPS) is 15.0. The van der Waals surface area contributed by atoms with Crippen LogP contribution in [0.15, 0.2) is 110 Å². The minimum absolute atomic E-state index is 0.113. The maximum absolute atomic E-state index is 13.3. The van der Waals surface area contributed by atoms with Gasteiger partial charge in [-0.3, -0.25) is 0 Å². The second-order valence-electron chi connectivity index (χ2n) is 14.1. The second kappa shape index (κ2) is 20.3. The van der Waals surface area contributed by atoms with Crippen molar-refractivity contribution in [2.75, 3.05) is 97.7 Å². The summed E-state index contributed by atoms with van der Waals surface area (Å²) in [6.07, 6.45) is 0. The van der Waals surface area contributed by atoms with Gasteiger partial charge < -0.3 is 33.5 Å². The lowest BCUT2D eigenvalue weighted by molar-refractivity contribution is 0.370. The SMILES string of the molecule is COc1ccc(OC)c(S(=O)(=O)N2CCN(c3nc(-c4cccc(Br)c4)cs3)CC2)c1.COc1cccc(-c2csc(N3CCN(S(=O)(=O)c4cc(OC)ccc4OC)CC3)n2)c1. The van der Waals surface area contributed by atoms with Gasteiger partial charge in [0.1, 0.15) is 38.5 Å². The molecule has 15 nitrogen and oxygen atoms in total. The minimum atomic E-state index is -3.72. The van der Waals surface area contributed by atoms with E-state index in [4.69, 9.17) is 33.7 Å². The predicted molar refractivity (Wildman–Crippen MR) is 250 cm³/mol. The van der Waals surface area contributed by atoms with Crippen molar-refractivity contribution >= 4 is 68.9 Å². The number of piperazine rings is 2. The van der Waals surface area contributed by atoms with Crippen LogP contribution in [0.1, 0.15) is 0 Å².